The fourth-order valence-corrected chi connectivity index (χ4v) is 2.47. The number of nitrogens with zero attached hydrogens (tertiary/aromatic N) is 2. The maximum Gasteiger partial charge on any atom is 0.233 e. The van der Waals surface area contributed by atoms with E-state index in [0.717, 1.165) is 18.6 Å². The maximum atomic E-state index is 13.3. The third-order valence-corrected chi connectivity index (χ3v) is 3.66. The van der Waals surface area contributed by atoms with E-state index in [9.17, 15) is 8.78 Å². The number of rotatable bonds is 3. The van der Waals surface area contributed by atoms with E-state index in [1.165, 1.54) is 6.07 Å². The lowest BCUT2D eigenvalue weighted by atomic mass is 9.96. The zero-order valence-electron chi connectivity index (χ0n) is 11.5. The van der Waals surface area contributed by atoms with Gasteiger partial charge >= 0.3 is 0 Å². The summed E-state index contributed by atoms with van der Waals surface area (Å²) in [5.74, 6) is -1.21. The second-order valence-corrected chi connectivity index (χ2v) is 4.95. The van der Waals surface area contributed by atoms with Gasteiger partial charge in [0.1, 0.15) is 0 Å². The van der Waals surface area contributed by atoms with Crippen LogP contribution in [-0.2, 0) is 4.74 Å². The fourth-order valence-electron chi connectivity index (χ4n) is 2.47. The molecule has 0 saturated carbocycles. The second kappa shape index (κ2) is 5.87. The molecular weight excluding hydrogens is 280 g/mol. The number of benzene rings is 1. The van der Waals surface area contributed by atoms with Crippen molar-refractivity contribution < 1.29 is 18.0 Å². The third-order valence-electron chi connectivity index (χ3n) is 3.66. The van der Waals surface area contributed by atoms with Crippen molar-refractivity contribution in [1.29, 1.82) is 0 Å². The first-order chi connectivity index (χ1) is 10.2. The Kier molecular flexibility index (Phi) is 3.94. The van der Waals surface area contributed by atoms with Crippen LogP contribution in [0.15, 0.2) is 22.7 Å². The number of hydrogen-bond acceptors (Lipinski definition) is 5. The zero-order chi connectivity index (χ0) is 14.8. The molecule has 7 heteroatoms. The minimum Gasteiger partial charge on any atom is -0.381 e. The van der Waals surface area contributed by atoms with E-state index in [2.05, 4.69) is 15.5 Å². The Bertz CT molecular complexity index is 632. The Hall–Kier alpha value is -1.86. The van der Waals surface area contributed by atoms with Crippen molar-refractivity contribution in [2.75, 3.05) is 20.3 Å². The molecule has 1 fully saturated rings. The molecule has 0 bridgehead atoms. The molecule has 1 aromatic carbocycles. The first-order valence-electron chi connectivity index (χ1n) is 6.73. The van der Waals surface area contributed by atoms with Crippen molar-refractivity contribution in [3.63, 3.8) is 0 Å². The molecule has 1 aromatic heterocycles. The lowest BCUT2D eigenvalue weighted by Crippen LogP contribution is -2.39. The first kappa shape index (κ1) is 14.1. The minimum atomic E-state index is -0.937. The van der Waals surface area contributed by atoms with E-state index in [-0.39, 0.29) is 17.8 Å². The second-order valence-electron chi connectivity index (χ2n) is 4.95. The van der Waals surface area contributed by atoms with Crippen molar-refractivity contribution in [2.24, 2.45) is 0 Å². The predicted molar refractivity (Wildman–Crippen MR) is 70.7 cm³/mol. The van der Waals surface area contributed by atoms with Gasteiger partial charge in [0.15, 0.2) is 11.6 Å². The van der Waals surface area contributed by atoms with Crippen LogP contribution in [0.1, 0.15) is 18.2 Å². The third kappa shape index (κ3) is 2.79. The van der Waals surface area contributed by atoms with Gasteiger partial charge in [-0.3, -0.25) is 0 Å². The van der Waals surface area contributed by atoms with Gasteiger partial charge in [0.2, 0.25) is 11.7 Å². The van der Waals surface area contributed by atoms with Gasteiger partial charge in [-0.1, -0.05) is 5.16 Å². The van der Waals surface area contributed by atoms with Crippen LogP contribution in [0.3, 0.4) is 0 Å². The van der Waals surface area contributed by atoms with Crippen LogP contribution >= 0.6 is 0 Å². The minimum absolute atomic E-state index is 0.0460. The van der Waals surface area contributed by atoms with Crippen LogP contribution in [0.25, 0.3) is 11.4 Å². The van der Waals surface area contributed by atoms with Gasteiger partial charge in [-0.2, -0.15) is 4.98 Å². The Morgan fingerprint density at radius 3 is 2.90 bits per heavy atom. The van der Waals surface area contributed by atoms with Gasteiger partial charge in [0.05, 0.1) is 12.5 Å². The number of likely N-dealkylation sites (N-methyl/N-ethyl adjacent to an activating group) is 1. The monoisotopic (exact) mass is 295 g/mol. The molecule has 2 aromatic rings. The normalized spacial score (nSPS) is 22.4. The summed E-state index contributed by atoms with van der Waals surface area (Å²) in [5, 5.41) is 7.04. The summed E-state index contributed by atoms with van der Waals surface area (Å²) in [6.45, 7) is 1.18. The molecule has 0 radical (unpaired) electrons. The Morgan fingerprint density at radius 2 is 2.14 bits per heavy atom. The summed E-state index contributed by atoms with van der Waals surface area (Å²) in [6, 6.07) is 3.70. The van der Waals surface area contributed by atoms with E-state index >= 15 is 0 Å². The van der Waals surface area contributed by atoms with Gasteiger partial charge in [-0.15, -0.1) is 0 Å². The predicted octanol–water partition coefficient (Wildman–Crippen LogP) is 2.11. The fraction of sp³-hybridized carbons (Fsp3) is 0.429. The highest BCUT2D eigenvalue weighted by Gasteiger charge is 2.30. The van der Waals surface area contributed by atoms with Crippen LogP contribution < -0.4 is 5.32 Å². The topological polar surface area (TPSA) is 60.2 Å². The van der Waals surface area contributed by atoms with Crippen LogP contribution in [-0.4, -0.2) is 36.4 Å². The quantitative estimate of drug-likeness (QED) is 0.939. The number of ether oxygens (including phenoxy) is 1. The summed E-state index contributed by atoms with van der Waals surface area (Å²) in [4.78, 5) is 4.29. The molecule has 21 heavy (non-hydrogen) atoms. The lowest BCUT2D eigenvalue weighted by molar-refractivity contribution is 0.0516. The number of hydrogen-bond donors (Lipinski definition) is 1. The molecule has 3 rings (SSSR count). The van der Waals surface area contributed by atoms with E-state index in [1.54, 1.807) is 0 Å². The van der Waals surface area contributed by atoms with Crippen LogP contribution in [0.2, 0.25) is 0 Å². The van der Waals surface area contributed by atoms with Crippen LogP contribution in [0.4, 0.5) is 8.78 Å². The molecule has 0 amide bonds. The number of nitrogens with one attached hydrogen (secondary N) is 1. The first-order valence-corrected chi connectivity index (χ1v) is 6.73. The smallest absolute Gasteiger partial charge is 0.233 e. The molecule has 1 N–H and O–H groups in total. The molecule has 0 spiro atoms. The van der Waals surface area contributed by atoms with Crippen molar-refractivity contribution in [2.45, 2.75) is 18.4 Å². The summed E-state index contributed by atoms with van der Waals surface area (Å²) in [5.41, 5.74) is 0.377. The van der Waals surface area contributed by atoms with Gasteiger partial charge in [0.25, 0.3) is 0 Å². The Morgan fingerprint density at radius 1 is 1.29 bits per heavy atom. The van der Waals surface area contributed by atoms with E-state index in [4.69, 9.17) is 9.26 Å². The molecule has 2 atom stereocenters. The molecule has 1 aliphatic rings. The van der Waals surface area contributed by atoms with Crippen molar-refractivity contribution in [1.82, 2.24) is 15.5 Å². The van der Waals surface area contributed by atoms with Gasteiger partial charge < -0.3 is 14.6 Å². The maximum absolute atomic E-state index is 13.3. The number of aromatic nitrogens is 2. The highest BCUT2D eigenvalue weighted by atomic mass is 19.2. The zero-order valence-corrected chi connectivity index (χ0v) is 11.5. The molecule has 1 aliphatic heterocycles. The lowest BCUT2D eigenvalue weighted by Gasteiger charge is -2.28. The van der Waals surface area contributed by atoms with E-state index in [1.807, 2.05) is 7.05 Å². The highest BCUT2D eigenvalue weighted by Crippen LogP contribution is 2.27. The molecule has 2 unspecified atom stereocenters. The molecular formula is C14H15F2N3O2. The molecule has 112 valence electrons. The standard InChI is InChI=1S/C14H15F2N3O2/c1-17-12-4-5-20-7-9(12)14-18-13(19-21-14)8-2-3-10(15)11(16)6-8/h2-3,6,9,12,17H,4-5,7H2,1H3. The highest BCUT2D eigenvalue weighted by molar-refractivity contribution is 5.54. The molecule has 0 aliphatic carbocycles. The van der Waals surface area contributed by atoms with Gasteiger partial charge in [0, 0.05) is 18.2 Å². The Balaban J connectivity index is 1.86. The van der Waals surface area contributed by atoms with Gasteiger partial charge in [-0.25, -0.2) is 8.78 Å². The summed E-state index contributed by atoms with van der Waals surface area (Å²) >= 11 is 0. The number of halogens is 2. The van der Waals surface area contributed by atoms with E-state index in [0.29, 0.717) is 24.7 Å². The van der Waals surface area contributed by atoms with Gasteiger partial charge in [-0.05, 0) is 31.7 Å². The summed E-state index contributed by atoms with van der Waals surface area (Å²) in [6.07, 6.45) is 0.851. The van der Waals surface area contributed by atoms with Crippen LogP contribution in [0.5, 0.6) is 0 Å². The molecule has 5 nitrogen and oxygen atoms in total. The SMILES string of the molecule is CNC1CCOCC1c1nc(-c2ccc(F)c(F)c2)no1. The summed E-state index contributed by atoms with van der Waals surface area (Å²) in [7, 11) is 1.87. The molecule has 2 heterocycles. The summed E-state index contributed by atoms with van der Waals surface area (Å²) < 4.78 is 36.9. The van der Waals surface area contributed by atoms with Crippen molar-refractivity contribution >= 4 is 0 Å². The molecule has 1 saturated heterocycles. The van der Waals surface area contributed by atoms with Crippen LogP contribution in [0, 0.1) is 11.6 Å². The van der Waals surface area contributed by atoms with E-state index < -0.39 is 11.6 Å². The average molecular weight is 295 g/mol. The van der Waals surface area contributed by atoms with Crippen molar-refractivity contribution in [3.8, 4) is 11.4 Å². The Labute approximate surface area is 120 Å². The average Bonchev–Trinajstić information content (AvgIpc) is 2.99. The van der Waals surface area contributed by atoms with Crippen molar-refractivity contribution in [3.05, 3.63) is 35.7 Å². The largest absolute Gasteiger partial charge is 0.381 e.